The van der Waals surface area contributed by atoms with Crippen LogP contribution < -0.4 is 5.32 Å². The lowest BCUT2D eigenvalue weighted by molar-refractivity contribution is -0.117. The molecule has 2 rings (SSSR count). The summed E-state index contributed by atoms with van der Waals surface area (Å²) in [5.74, 6) is -0.0807. The van der Waals surface area contributed by atoms with Crippen LogP contribution in [-0.2, 0) is 4.79 Å². The maximum atomic E-state index is 11.8. The Morgan fingerprint density at radius 2 is 1.79 bits per heavy atom. The van der Waals surface area contributed by atoms with Crippen LogP contribution in [0.4, 0.5) is 0 Å². The second-order valence-electron chi connectivity index (χ2n) is 4.81. The molecule has 1 aromatic rings. The molecule has 2 nitrogen and oxygen atoms in total. The summed E-state index contributed by atoms with van der Waals surface area (Å²) in [6, 6.07) is 5.61. The van der Waals surface area contributed by atoms with Crippen molar-refractivity contribution in [3.8, 4) is 0 Å². The zero-order chi connectivity index (χ0) is 13.7. The van der Waals surface area contributed by atoms with E-state index in [9.17, 15) is 4.79 Å². The third-order valence-corrected chi connectivity index (χ3v) is 4.01. The van der Waals surface area contributed by atoms with Gasteiger partial charge < -0.3 is 5.32 Å². The van der Waals surface area contributed by atoms with Gasteiger partial charge in [-0.1, -0.05) is 48.5 Å². The Balaban J connectivity index is 1.96. The van der Waals surface area contributed by atoms with Crippen LogP contribution in [0.5, 0.6) is 0 Å². The summed E-state index contributed by atoms with van der Waals surface area (Å²) < 4.78 is 0. The molecule has 1 saturated carbocycles. The van der Waals surface area contributed by atoms with Crippen LogP contribution in [-0.4, -0.2) is 11.9 Å². The molecule has 4 heteroatoms. The minimum absolute atomic E-state index is 0.0807. The summed E-state index contributed by atoms with van der Waals surface area (Å²) in [5.41, 5.74) is 0.685. The van der Waals surface area contributed by atoms with E-state index in [0.29, 0.717) is 21.7 Å². The minimum atomic E-state index is -0.0807. The first-order valence-corrected chi connectivity index (χ1v) is 7.35. The molecule has 0 aromatic heterocycles. The molecule has 1 fully saturated rings. The van der Waals surface area contributed by atoms with Gasteiger partial charge in [-0.3, -0.25) is 4.79 Å². The highest BCUT2D eigenvalue weighted by molar-refractivity contribution is 6.37. The highest BCUT2D eigenvalue weighted by Gasteiger charge is 2.14. The molecule has 1 aliphatic rings. The molecule has 0 bridgehead atoms. The number of amides is 1. The van der Waals surface area contributed by atoms with E-state index in [0.717, 1.165) is 12.8 Å². The fraction of sp³-hybridized carbons (Fsp3) is 0.400. The molecule has 0 spiro atoms. The van der Waals surface area contributed by atoms with Crippen molar-refractivity contribution in [2.45, 2.75) is 38.1 Å². The molecular weight excluding hydrogens is 281 g/mol. The topological polar surface area (TPSA) is 29.1 Å². The van der Waals surface area contributed by atoms with Crippen LogP contribution in [0.2, 0.25) is 10.0 Å². The van der Waals surface area contributed by atoms with E-state index in [1.807, 2.05) is 0 Å². The second kappa shape index (κ2) is 6.97. The average Bonchev–Trinajstić information content (AvgIpc) is 2.39. The summed E-state index contributed by atoms with van der Waals surface area (Å²) in [4.78, 5) is 11.8. The highest BCUT2D eigenvalue weighted by Crippen LogP contribution is 2.25. The van der Waals surface area contributed by atoms with Gasteiger partial charge in [-0.2, -0.15) is 0 Å². The van der Waals surface area contributed by atoms with E-state index in [1.165, 1.54) is 25.3 Å². The van der Waals surface area contributed by atoms with Crippen LogP contribution in [0.25, 0.3) is 6.08 Å². The Bertz CT molecular complexity index is 459. The zero-order valence-electron chi connectivity index (χ0n) is 10.7. The molecule has 1 aliphatic carbocycles. The van der Waals surface area contributed by atoms with Gasteiger partial charge >= 0.3 is 0 Å². The van der Waals surface area contributed by atoms with Crippen molar-refractivity contribution in [3.63, 3.8) is 0 Å². The van der Waals surface area contributed by atoms with Gasteiger partial charge in [0.2, 0.25) is 5.91 Å². The summed E-state index contributed by atoms with van der Waals surface area (Å²) in [6.45, 7) is 0. The first kappa shape index (κ1) is 14.4. The SMILES string of the molecule is O=C(C=Cc1c(Cl)cccc1Cl)NC1CCCCC1. The van der Waals surface area contributed by atoms with Crippen LogP contribution in [0.1, 0.15) is 37.7 Å². The molecule has 1 amide bonds. The highest BCUT2D eigenvalue weighted by atomic mass is 35.5. The number of hydrogen-bond donors (Lipinski definition) is 1. The molecule has 1 aromatic carbocycles. The maximum Gasteiger partial charge on any atom is 0.244 e. The van der Waals surface area contributed by atoms with Gasteiger partial charge in [0.25, 0.3) is 0 Å². The molecule has 0 aliphatic heterocycles. The largest absolute Gasteiger partial charge is 0.350 e. The molecule has 1 N–H and O–H groups in total. The second-order valence-corrected chi connectivity index (χ2v) is 5.63. The molecular formula is C15H17Cl2NO. The molecule has 19 heavy (non-hydrogen) atoms. The molecule has 0 saturated heterocycles. The average molecular weight is 298 g/mol. The van der Waals surface area contributed by atoms with Crippen molar-refractivity contribution in [1.82, 2.24) is 5.32 Å². The Morgan fingerprint density at radius 1 is 1.16 bits per heavy atom. The molecule has 0 unspecified atom stereocenters. The number of carbonyl (C=O) groups is 1. The predicted octanol–water partition coefficient (Wildman–Crippen LogP) is 4.46. The lowest BCUT2D eigenvalue weighted by Gasteiger charge is -2.21. The first-order valence-electron chi connectivity index (χ1n) is 6.59. The molecule has 0 heterocycles. The van der Waals surface area contributed by atoms with Gasteiger partial charge in [0.05, 0.1) is 0 Å². The van der Waals surface area contributed by atoms with E-state index < -0.39 is 0 Å². The third kappa shape index (κ3) is 4.26. The fourth-order valence-electron chi connectivity index (χ4n) is 2.33. The van der Waals surface area contributed by atoms with Crippen LogP contribution in [0, 0.1) is 0 Å². The van der Waals surface area contributed by atoms with E-state index in [-0.39, 0.29) is 5.91 Å². The number of carbonyl (C=O) groups excluding carboxylic acids is 1. The summed E-state index contributed by atoms with van der Waals surface area (Å²) in [5, 5.41) is 4.12. The van der Waals surface area contributed by atoms with Crippen LogP contribution in [0.15, 0.2) is 24.3 Å². The van der Waals surface area contributed by atoms with Gasteiger partial charge in [-0.15, -0.1) is 0 Å². The Labute approximate surface area is 123 Å². The monoisotopic (exact) mass is 297 g/mol. The summed E-state index contributed by atoms with van der Waals surface area (Å²) in [7, 11) is 0. The molecule has 0 atom stereocenters. The quantitative estimate of drug-likeness (QED) is 0.820. The first-order chi connectivity index (χ1) is 9.16. The number of halogens is 2. The number of hydrogen-bond acceptors (Lipinski definition) is 1. The van der Waals surface area contributed by atoms with Crippen molar-refractivity contribution < 1.29 is 4.79 Å². The standard InChI is InChI=1S/C15H17Cl2NO/c16-13-7-4-8-14(17)12(13)9-10-15(19)18-11-5-2-1-3-6-11/h4,7-11H,1-3,5-6H2,(H,18,19). The van der Waals surface area contributed by atoms with Gasteiger partial charge in [0.15, 0.2) is 0 Å². The summed E-state index contributed by atoms with van der Waals surface area (Å²) in [6.07, 6.45) is 9.00. The van der Waals surface area contributed by atoms with Crippen molar-refractivity contribution >= 4 is 35.2 Å². The van der Waals surface area contributed by atoms with Crippen molar-refractivity contribution in [2.24, 2.45) is 0 Å². The molecule has 0 radical (unpaired) electrons. The van der Waals surface area contributed by atoms with Crippen LogP contribution >= 0.6 is 23.2 Å². The number of benzene rings is 1. The van der Waals surface area contributed by atoms with Gasteiger partial charge in [-0.05, 0) is 31.1 Å². The van der Waals surface area contributed by atoms with E-state index in [2.05, 4.69) is 5.32 Å². The zero-order valence-corrected chi connectivity index (χ0v) is 12.2. The minimum Gasteiger partial charge on any atom is -0.350 e. The number of rotatable bonds is 3. The van der Waals surface area contributed by atoms with Crippen molar-refractivity contribution in [1.29, 1.82) is 0 Å². The predicted molar refractivity (Wildman–Crippen MR) is 80.5 cm³/mol. The van der Waals surface area contributed by atoms with Crippen molar-refractivity contribution in [2.75, 3.05) is 0 Å². The van der Waals surface area contributed by atoms with Crippen LogP contribution in [0.3, 0.4) is 0 Å². The lowest BCUT2D eigenvalue weighted by atomic mass is 9.95. The molecule has 102 valence electrons. The van der Waals surface area contributed by atoms with Crippen molar-refractivity contribution in [3.05, 3.63) is 39.9 Å². The summed E-state index contributed by atoms with van der Waals surface area (Å²) >= 11 is 12.1. The third-order valence-electron chi connectivity index (χ3n) is 3.35. The van der Waals surface area contributed by atoms with Gasteiger partial charge in [0, 0.05) is 27.7 Å². The van der Waals surface area contributed by atoms with Gasteiger partial charge in [0.1, 0.15) is 0 Å². The van der Waals surface area contributed by atoms with E-state index >= 15 is 0 Å². The Hall–Kier alpha value is -0.990. The Morgan fingerprint density at radius 3 is 2.42 bits per heavy atom. The van der Waals surface area contributed by atoms with Gasteiger partial charge in [-0.25, -0.2) is 0 Å². The fourth-order valence-corrected chi connectivity index (χ4v) is 2.85. The lowest BCUT2D eigenvalue weighted by Crippen LogP contribution is -2.34. The smallest absolute Gasteiger partial charge is 0.244 e. The normalized spacial score (nSPS) is 16.7. The Kier molecular flexibility index (Phi) is 5.29. The maximum absolute atomic E-state index is 11.8. The van der Waals surface area contributed by atoms with E-state index in [4.69, 9.17) is 23.2 Å². The number of nitrogens with one attached hydrogen (secondary N) is 1. The van der Waals surface area contributed by atoms with E-state index in [1.54, 1.807) is 24.3 Å².